The highest BCUT2D eigenvalue weighted by Gasteiger charge is 2.13. The van der Waals surface area contributed by atoms with Gasteiger partial charge in [-0.25, -0.2) is 0 Å². The summed E-state index contributed by atoms with van der Waals surface area (Å²) in [7, 11) is 0. The lowest BCUT2D eigenvalue weighted by molar-refractivity contribution is -0.137. The Balaban J connectivity index is 2.35. The molecule has 1 rings (SSSR count). The predicted molar refractivity (Wildman–Crippen MR) is 64.7 cm³/mol. The van der Waals surface area contributed by atoms with E-state index in [1.54, 1.807) is 0 Å². The van der Waals surface area contributed by atoms with Crippen LogP contribution in [0.2, 0.25) is 0 Å². The van der Waals surface area contributed by atoms with E-state index < -0.39 is 5.97 Å². The lowest BCUT2D eigenvalue weighted by Gasteiger charge is -2.11. The maximum atomic E-state index is 11.7. The first kappa shape index (κ1) is 13.2. The van der Waals surface area contributed by atoms with Gasteiger partial charge in [0, 0.05) is 13.0 Å². The van der Waals surface area contributed by atoms with Gasteiger partial charge in [0.25, 0.3) is 0 Å². The van der Waals surface area contributed by atoms with Crippen molar-refractivity contribution in [2.24, 2.45) is 0 Å². The van der Waals surface area contributed by atoms with E-state index in [2.05, 4.69) is 5.32 Å². The van der Waals surface area contributed by atoms with Crippen molar-refractivity contribution in [3.63, 3.8) is 0 Å². The Bertz CT molecular complexity index is 376. The van der Waals surface area contributed by atoms with Gasteiger partial charge in [-0.05, 0) is 18.9 Å². The Morgan fingerprint density at radius 3 is 2.53 bits per heavy atom. The highest BCUT2D eigenvalue weighted by molar-refractivity contribution is 5.83. The zero-order valence-electron chi connectivity index (χ0n) is 9.85. The first-order valence-electron chi connectivity index (χ1n) is 5.65. The van der Waals surface area contributed by atoms with Gasteiger partial charge in [0.1, 0.15) is 0 Å². The second-order valence-electron chi connectivity index (χ2n) is 3.92. The maximum Gasteiger partial charge on any atom is 0.303 e. The van der Waals surface area contributed by atoms with Crippen LogP contribution in [0.25, 0.3) is 0 Å². The molecule has 0 spiro atoms. The van der Waals surface area contributed by atoms with Crippen LogP contribution in [0.5, 0.6) is 0 Å². The highest BCUT2D eigenvalue weighted by atomic mass is 16.4. The van der Waals surface area contributed by atoms with Gasteiger partial charge in [-0.15, -0.1) is 0 Å². The summed E-state index contributed by atoms with van der Waals surface area (Å²) in [6.07, 6.45) is 0.544. The number of carbonyl (C=O) groups excluding carboxylic acids is 1. The van der Waals surface area contributed by atoms with Crippen LogP contribution in [-0.2, 0) is 9.59 Å². The molecule has 4 heteroatoms. The molecule has 0 aliphatic heterocycles. The molecule has 0 fully saturated rings. The van der Waals surface area contributed by atoms with E-state index in [0.29, 0.717) is 13.0 Å². The summed E-state index contributed by atoms with van der Waals surface area (Å²) in [4.78, 5) is 22.0. The van der Waals surface area contributed by atoms with Gasteiger partial charge in [0.05, 0.1) is 5.92 Å². The van der Waals surface area contributed by atoms with Crippen LogP contribution in [-0.4, -0.2) is 23.5 Å². The van der Waals surface area contributed by atoms with Crippen molar-refractivity contribution in [1.29, 1.82) is 0 Å². The number of nitrogens with one attached hydrogen (secondary N) is 1. The molecule has 0 radical (unpaired) electrons. The molecule has 0 aliphatic carbocycles. The van der Waals surface area contributed by atoms with Gasteiger partial charge in [0.15, 0.2) is 0 Å². The van der Waals surface area contributed by atoms with Crippen LogP contribution in [0.4, 0.5) is 0 Å². The number of amides is 1. The Morgan fingerprint density at radius 2 is 1.94 bits per heavy atom. The first-order valence-corrected chi connectivity index (χ1v) is 5.65. The lowest BCUT2D eigenvalue weighted by Crippen LogP contribution is -2.29. The molecule has 1 aromatic carbocycles. The fraction of sp³-hybridized carbons (Fsp3) is 0.385. The molecule has 92 valence electrons. The molecule has 0 aliphatic rings. The van der Waals surface area contributed by atoms with Crippen molar-refractivity contribution in [1.82, 2.24) is 5.32 Å². The number of rotatable bonds is 6. The third kappa shape index (κ3) is 4.68. The molecule has 0 aromatic heterocycles. The standard InChI is InChI=1S/C13H17NO3/c1-10(11-6-3-2-4-7-11)13(17)14-9-5-8-12(15)16/h2-4,6-7,10H,5,8-9H2,1H3,(H,14,17)(H,15,16). The fourth-order valence-electron chi connectivity index (χ4n) is 1.50. The Morgan fingerprint density at radius 1 is 1.29 bits per heavy atom. The zero-order valence-corrected chi connectivity index (χ0v) is 9.85. The molecule has 0 heterocycles. The van der Waals surface area contributed by atoms with Crippen LogP contribution in [0.1, 0.15) is 31.2 Å². The predicted octanol–water partition coefficient (Wildman–Crippen LogP) is 1.77. The topological polar surface area (TPSA) is 66.4 Å². The summed E-state index contributed by atoms with van der Waals surface area (Å²) in [6, 6.07) is 9.50. The number of hydrogen-bond acceptors (Lipinski definition) is 2. The third-order valence-corrected chi connectivity index (χ3v) is 2.56. The second-order valence-corrected chi connectivity index (χ2v) is 3.92. The van der Waals surface area contributed by atoms with E-state index in [1.165, 1.54) is 0 Å². The summed E-state index contributed by atoms with van der Waals surface area (Å²) < 4.78 is 0. The summed E-state index contributed by atoms with van der Waals surface area (Å²) in [5.41, 5.74) is 0.961. The molecule has 17 heavy (non-hydrogen) atoms. The average molecular weight is 235 g/mol. The summed E-state index contributed by atoms with van der Waals surface area (Å²) in [5.74, 6) is -1.11. The van der Waals surface area contributed by atoms with E-state index in [4.69, 9.17) is 5.11 Å². The van der Waals surface area contributed by atoms with Gasteiger partial charge in [-0.1, -0.05) is 30.3 Å². The fourth-order valence-corrected chi connectivity index (χ4v) is 1.50. The van der Waals surface area contributed by atoms with Crippen molar-refractivity contribution < 1.29 is 14.7 Å². The number of carbonyl (C=O) groups is 2. The van der Waals surface area contributed by atoms with E-state index in [1.807, 2.05) is 37.3 Å². The molecule has 1 atom stereocenters. The number of carboxylic acids is 1. The molecule has 2 N–H and O–H groups in total. The Labute approximate surface area is 101 Å². The van der Waals surface area contributed by atoms with Crippen molar-refractivity contribution in [2.75, 3.05) is 6.54 Å². The Kier molecular flexibility index (Phi) is 5.20. The zero-order chi connectivity index (χ0) is 12.7. The molecule has 4 nitrogen and oxygen atoms in total. The highest BCUT2D eigenvalue weighted by Crippen LogP contribution is 2.14. The molecular formula is C13H17NO3. The third-order valence-electron chi connectivity index (χ3n) is 2.56. The largest absolute Gasteiger partial charge is 0.481 e. The van der Waals surface area contributed by atoms with Gasteiger partial charge >= 0.3 is 5.97 Å². The Hall–Kier alpha value is -1.84. The van der Waals surface area contributed by atoms with Crippen molar-refractivity contribution >= 4 is 11.9 Å². The van der Waals surface area contributed by atoms with Crippen LogP contribution >= 0.6 is 0 Å². The minimum atomic E-state index is -0.838. The summed E-state index contributed by atoms with van der Waals surface area (Å²) >= 11 is 0. The number of benzene rings is 1. The van der Waals surface area contributed by atoms with E-state index in [-0.39, 0.29) is 18.2 Å². The van der Waals surface area contributed by atoms with Crippen molar-refractivity contribution in [3.8, 4) is 0 Å². The number of carboxylic acid groups (broad SMARTS) is 1. The minimum Gasteiger partial charge on any atom is -0.481 e. The van der Waals surface area contributed by atoms with Gasteiger partial charge in [0.2, 0.25) is 5.91 Å². The molecule has 1 aromatic rings. The lowest BCUT2D eigenvalue weighted by atomic mass is 10.0. The monoisotopic (exact) mass is 235 g/mol. The minimum absolute atomic E-state index is 0.0680. The SMILES string of the molecule is CC(C(=O)NCCCC(=O)O)c1ccccc1. The second kappa shape index (κ2) is 6.68. The average Bonchev–Trinajstić information content (AvgIpc) is 2.34. The first-order chi connectivity index (χ1) is 8.11. The van der Waals surface area contributed by atoms with Crippen LogP contribution in [0, 0.1) is 0 Å². The number of hydrogen-bond donors (Lipinski definition) is 2. The van der Waals surface area contributed by atoms with Gasteiger partial charge in [-0.3, -0.25) is 9.59 Å². The van der Waals surface area contributed by atoms with Crippen molar-refractivity contribution in [3.05, 3.63) is 35.9 Å². The summed E-state index contributed by atoms with van der Waals surface area (Å²) in [5, 5.41) is 11.2. The molecule has 1 amide bonds. The molecule has 1 unspecified atom stereocenters. The van der Waals surface area contributed by atoms with E-state index in [0.717, 1.165) is 5.56 Å². The van der Waals surface area contributed by atoms with Crippen LogP contribution < -0.4 is 5.32 Å². The molecule has 0 saturated heterocycles. The van der Waals surface area contributed by atoms with Crippen LogP contribution in [0.15, 0.2) is 30.3 Å². The van der Waals surface area contributed by atoms with E-state index >= 15 is 0 Å². The number of aliphatic carboxylic acids is 1. The van der Waals surface area contributed by atoms with Crippen LogP contribution in [0.3, 0.4) is 0 Å². The quantitative estimate of drug-likeness (QED) is 0.738. The molecule has 0 saturated carbocycles. The van der Waals surface area contributed by atoms with Gasteiger partial charge in [-0.2, -0.15) is 0 Å². The maximum absolute atomic E-state index is 11.7. The van der Waals surface area contributed by atoms with Crippen molar-refractivity contribution in [2.45, 2.75) is 25.7 Å². The molecular weight excluding hydrogens is 218 g/mol. The molecule has 0 bridgehead atoms. The van der Waals surface area contributed by atoms with E-state index in [9.17, 15) is 9.59 Å². The summed E-state index contributed by atoms with van der Waals surface area (Å²) in [6.45, 7) is 2.24. The van der Waals surface area contributed by atoms with Gasteiger partial charge < -0.3 is 10.4 Å². The normalized spacial score (nSPS) is 11.8. The smallest absolute Gasteiger partial charge is 0.303 e.